The molecule has 2 aliphatic rings. The summed E-state index contributed by atoms with van der Waals surface area (Å²) in [7, 11) is 0. The second-order valence-electron chi connectivity index (χ2n) is 7.42. The summed E-state index contributed by atoms with van der Waals surface area (Å²) in [5.41, 5.74) is 4.18. The van der Waals surface area contributed by atoms with Crippen LogP contribution in [0, 0.1) is 40.8 Å². The molecule has 2 fully saturated rings. The maximum atomic E-state index is 4.94. The van der Waals surface area contributed by atoms with Gasteiger partial charge in [0.2, 0.25) is 0 Å². The van der Waals surface area contributed by atoms with Crippen LogP contribution in [0.15, 0.2) is 28.2 Å². The zero-order valence-corrected chi connectivity index (χ0v) is 22.4. The van der Waals surface area contributed by atoms with E-state index >= 15 is 0 Å². The molecule has 0 atom stereocenters. The van der Waals surface area contributed by atoms with Gasteiger partial charge in [-0.25, -0.2) is 4.98 Å². The molecule has 155 valence electrons. The molecule has 28 heavy (non-hydrogen) atoms. The molecule has 3 nitrogen and oxygen atoms in total. The maximum Gasteiger partial charge on any atom is 3.00 e. The van der Waals surface area contributed by atoms with Crippen molar-refractivity contribution >= 4 is 11.4 Å². The van der Waals surface area contributed by atoms with E-state index in [4.69, 9.17) is 15.0 Å². The molecule has 0 amide bonds. The van der Waals surface area contributed by atoms with Gasteiger partial charge < -0.3 is 37.2 Å². The van der Waals surface area contributed by atoms with Crippen molar-refractivity contribution in [3.63, 3.8) is 0 Å². The Morgan fingerprint density at radius 2 is 1.07 bits per heavy atom. The largest absolute Gasteiger partial charge is 3.00 e. The van der Waals surface area contributed by atoms with Gasteiger partial charge in [-0.1, -0.05) is 44.6 Å². The van der Waals surface area contributed by atoms with Crippen LogP contribution in [0.2, 0.25) is 0 Å². The number of aromatic nitrogens is 1. The Morgan fingerprint density at radius 3 is 1.43 bits per heavy atom. The molecule has 1 heterocycles. The molecule has 1 aromatic heterocycles. The first kappa shape index (κ1) is 30.9. The Balaban J connectivity index is 0. The number of pyridine rings is 1. The summed E-state index contributed by atoms with van der Waals surface area (Å²) >= 11 is 0. The van der Waals surface area contributed by atoms with Crippen LogP contribution in [-0.4, -0.2) is 28.5 Å². The van der Waals surface area contributed by atoms with Crippen LogP contribution in [0.4, 0.5) is 0 Å². The van der Waals surface area contributed by atoms with Crippen molar-refractivity contribution in [3.05, 3.63) is 29.6 Å². The van der Waals surface area contributed by atoms with Crippen molar-refractivity contribution in [1.82, 2.24) is 4.98 Å². The van der Waals surface area contributed by atoms with Crippen molar-refractivity contribution in [2.75, 3.05) is 0 Å². The fourth-order valence-corrected chi connectivity index (χ4v) is 3.94. The first-order chi connectivity index (χ1) is 11.7. The van der Waals surface area contributed by atoms with Crippen LogP contribution in [0.3, 0.4) is 0 Å². The Labute approximate surface area is 222 Å². The first-order valence-corrected chi connectivity index (χ1v) is 9.79. The molecular formula is C21H31Cl3N3Nd. The molecule has 0 spiro atoms. The van der Waals surface area contributed by atoms with Gasteiger partial charge >= 0.3 is 40.8 Å². The third-order valence-electron chi connectivity index (χ3n) is 5.39. The van der Waals surface area contributed by atoms with Crippen LogP contribution in [0.5, 0.6) is 0 Å². The van der Waals surface area contributed by atoms with Gasteiger partial charge in [0.1, 0.15) is 0 Å². The summed E-state index contributed by atoms with van der Waals surface area (Å²) < 4.78 is 0. The van der Waals surface area contributed by atoms with Crippen molar-refractivity contribution in [2.45, 2.75) is 90.1 Å². The van der Waals surface area contributed by atoms with Crippen LogP contribution in [-0.2, 0) is 0 Å². The van der Waals surface area contributed by atoms with Crippen LogP contribution in [0.25, 0.3) is 0 Å². The zero-order valence-electron chi connectivity index (χ0n) is 16.9. The summed E-state index contributed by atoms with van der Waals surface area (Å²) in [6.45, 7) is 4.21. The Bertz CT molecular complexity index is 561. The van der Waals surface area contributed by atoms with Crippen molar-refractivity contribution in [1.29, 1.82) is 0 Å². The topological polar surface area (TPSA) is 37.6 Å². The average molecular weight is 576 g/mol. The Kier molecular flexibility index (Phi) is 18.1. The molecule has 0 aliphatic heterocycles. The van der Waals surface area contributed by atoms with E-state index in [9.17, 15) is 0 Å². The third kappa shape index (κ3) is 9.68. The summed E-state index contributed by atoms with van der Waals surface area (Å²) in [6, 6.07) is 7.26. The quantitative estimate of drug-likeness (QED) is 0.342. The summed E-state index contributed by atoms with van der Waals surface area (Å²) in [5, 5.41) is 0. The third-order valence-corrected chi connectivity index (χ3v) is 5.39. The monoisotopic (exact) mass is 572 g/mol. The van der Waals surface area contributed by atoms with Crippen LogP contribution < -0.4 is 37.2 Å². The van der Waals surface area contributed by atoms with E-state index in [1.807, 2.05) is 0 Å². The van der Waals surface area contributed by atoms with Gasteiger partial charge in [0.25, 0.3) is 0 Å². The van der Waals surface area contributed by atoms with Crippen molar-refractivity contribution in [2.24, 2.45) is 9.98 Å². The van der Waals surface area contributed by atoms with Crippen LogP contribution in [0.1, 0.15) is 89.4 Å². The molecule has 1 radical (unpaired) electrons. The smallest absolute Gasteiger partial charge is 1.00 e. The van der Waals surface area contributed by atoms with E-state index in [0.717, 1.165) is 22.8 Å². The van der Waals surface area contributed by atoms with E-state index in [0.29, 0.717) is 12.1 Å². The minimum Gasteiger partial charge on any atom is -1.00 e. The zero-order chi connectivity index (χ0) is 16.8. The predicted octanol–water partition coefficient (Wildman–Crippen LogP) is -3.62. The molecule has 2 aliphatic carbocycles. The predicted molar refractivity (Wildman–Crippen MR) is 102 cm³/mol. The molecule has 0 N–H and O–H groups in total. The molecule has 2 saturated carbocycles. The molecular weight excluding hydrogens is 545 g/mol. The SMILES string of the molecule is CC(=NC1CCCCC1)c1cccc(C(C)=NC2CCCCC2)n1.[Cl-].[Cl-].[Cl-].[Nd+3]. The van der Waals surface area contributed by atoms with E-state index in [-0.39, 0.29) is 78.1 Å². The Hall–Kier alpha value is 0.711. The Morgan fingerprint density at radius 1 is 0.714 bits per heavy atom. The molecule has 1 aromatic rings. The number of halogens is 3. The molecule has 0 aromatic carbocycles. The summed E-state index contributed by atoms with van der Waals surface area (Å²) in [6.07, 6.45) is 13.0. The van der Waals surface area contributed by atoms with Gasteiger partial charge in [0.05, 0.1) is 34.9 Å². The van der Waals surface area contributed by atoms with Crippen molar-refractivity contribution in [3.8, 4) is 0 Å². The van der Waals surface area contributed by atoms with Gasteiger partial charge in [0.15, 0.2) is 0 Å². The number of hydrogen-bond acceptors (Lipinski definition) is 3. The second-order valence-corrected chi connectivity index (χ2v) is 7.42. The average Bonchev–Trinajstić information content (AvgIpc) is 2.63. The van der Waals surface area contributed by atoms with E-state index in [1.54, 1.807) is 0 Å². The van der Waals surface area contributed by atoms with Gasteiger partial charge in [0, 0.05) is 0 Å². The van der Waals surface area contributed by atoms with Crippen molar-refractivity contribution < 1.29 is 78.1 Å². The minimum absolute atomic E-state index is 0. The van der Waals surface area contributed by atoms with Gasteiger partial charge in [-0.15, -0.1) is 0 Å². The molecule has 7 heteroatoms. The number of hydrogen-bond donors (Lipinski definition) is 0. The number of aliphatic imine (C=N–C) groups is 2. The van der Waals surface area contributed by atoms with Crippen LogP contribution >= 0.6 is 0 Å². The molecule has 3 rings (SSSR count). The first-order valence-electron chi connectivity index (χ1n) is 9.79. The normalized spacial score (nSPS) is 18.8. The standard InChI is InChI=1S/C21H31N3.3ClH.Nd/c1-16(22-18-10-5-3-6-11-18)20-14-9-15-21(24-20)17(2)23-19-12-7-4-8-13-19;;;;/h9,14-15,18-19H,3-8,10-13H2,1-2H3;3*1H;/q;;;;+3/p-3. The molecule has 0 bridgehead atoms. The summed E-state index contributed by atoms with van der Waals surface area (Å²) in [5.74, 6) is 0. The van der Waals surface area contributed by atoms with Gasteiger partial charge in [-0.3, -0.25) is 9.98 Å². The van der Waals surface area contributed by atoms with E-state index in [2.05, 4.69) is 32.0 Å². The summed E-state index contributed by atoms with van der Waals surface area (Å²) in [4.78, 5) is 14.7. The molecule has 0 unspecified atom stereocenters. The number of nitrogens with zero attached hydrogens (tertiary/aromatic N) is 3. The van der Waals surface area contributed by atoms with Gasteiger partial charge in [-0.05, 0) is 51.7 Å². The fourth-order valence-electron chi connectivity index (χ4n) is 3.94. The number of rotatable bonds is 4. The van der Waals surface area contributed by atoms with E-state index < -0.39 is 0 Å². The minimum atomic E-state index is 0. The van der Waals surface area contributed by atoms with Gasteiger partial charge in [-0.2, -0.15) is 0 Å². The molecule has 0 saturated heterocycles. The fraction of sp³-hybridized carbons (Fsp3) is 0.667. The second kappa shape index (κ2) is 16.4. The maximum absolute atomic E-state index is 4.94. The van der Waals surface area contributed by atoms with E-state index in [1.165, 1.54) is 64.2 Å².